The summed E-state index contributed by atoms with van der Waals surface area (Å²) in [6, 6.07) is -7.60. The van der Waals surface area contributed by atoms with Crippen LogP contribution in [0.3, 0.4) is 0 Å². The normalized spacial score (nSPS) is 16.1. The Kier molecular flexibility index (Phi) is 25.7. The minimum atomic E-state index is -1.84. The van der Waals surface area contributed by atoms with Crippen LogP contribution in [0, 0.1) is 5.41 Å². The van der Waals surface area contributed by atoms with Crippen molar-refractivity contribution >= 4 is 90.1 Å². The van der Waals surface area contributed by atoms with Gasteiger partial charge in [-0.2, -0.15) is 5.75 Å². The second kappa shape index (κ2) is 28.0. The number of carbonyl (C=O) groups is 10. The predicted octanol–water partition coefficient (Wildman–Crippen LogP) is 0.267. The summed E-state index contributed by atoms with van der Waals surface area (Å²) < 4.78 is 12.8. The molecule has 56 heavy (non-hydrogen) atoms. The Hall–Kier alpha value is -4.52. The van der Waals surface area contributed by atoms with Gasteiger partial charge in [-0.1, -0.05) is 24.9 Å². The van der Waals surface area contributed by atoms with E-state index in [1.54, 1.807) is 0 Å². The number of aliphatic carboxylic acids is 4. The Morgan fingerprint density at radius 3 is 2.12 bits per heavy atom. The maximum absolute atomic E-state index is 12.9. The number of ether oxygens (including phenoxy) is 1. The molecule has 0 aromatic rings. The van der Waals surface area contributed by atoms with Crippen molar-refractivity contribution in [2.24, 2.45) is 0 Å². The van der Waals surface area contributed by atoms with Gasteiger partial charge in [-0.25, -0.2) is 9.59 Å². The van der Waals surface area contributed by atoms with Gasteiger partial charge in [-0.15, -0.1) is 11.8 Å². The van der Waals surface area contributed by atoms with Crippen LogP contribution >= 0.6 is 11.8 Å². The first kappa shape index (κ1) is 51.5. The number of rotatable bonds is 28. The first-order valence-electron chi connectivity index (χ1n) is 16.4. The van der Waals surface area contributed by atoms with Crippen molar-refractivity contribution in [3.8, 4) is 0 Å². The van der Waals surface area contributed by atoms with E-state index in [4.69, 9.17) is 30.0 Å². The van der Waals surface area contributed by atoms with Crippen LogP contribution in [0.15, 0.2) is 0 Å². The summed E-state index contributed by atoms with van der Waals surface area (Å²) in [7, 11) is 0. The van der Waals surface area contributed by atoms with Crippen LogP contribution in [-0.2, 0) is 82.9 Å². The summed E-state index contributed by atoms with van der Waals surface area (Å²) >= 11 is 6.35. The Bertz CT molecular complexity index is 1440. The van der Waals surface area contributed by atoms with Crippen molar-refractivity contribution in [3.63, 3.8) is 0 Å². The third-order valence-electron chi connectivity index (χ3n) is 7.46. The van der Waals surface area contributed by atoms with Crippen LogP contribution in [0.25, 0.3) is 16.4 Å². The number of imide groups is 1. The second-order valence-corrected chi connectivity index (χ2v) is 13.2. The van der Waals surface area contributed by atoms with E-state index in [0.29, 0.717) is 19.3 Å². The zero-order valence-electron chi connectivity index (χ0n) is 29.5. The molecule has 0 bridgehead atoms. The number of carboxylic acids is 4. The molecule has 311 valence electrons. The van der Waals surface area contributed by atoms with Crippen LogP contribution in [0.1, 0.15) is 64.2 Å². The standard InChI is InChI=1S/C30H44N7O15S2.O.Tc/c31-15(5-6-16(32)25(44)33-17(10-24(42)43)26(45)34-18(12-53)28(47)48)4-2-1-3-9-37-22(39)11-20(27(37)46)54-13-19(29(49)50)35-30(51)36-21(52-14-38)7-8-23(40)41;;/h14,16-21,31-32H,1-13H2,(H9,33,34,35,36,40,41,42,43,44,45,47,48,49,50,51,53);;/q-1;;+4/p-3/t16-,17?,18-,19-,20?,21+;;/m0../s1/i;;1+1. The summed E-state index contributed by atoms with van der Waals surface area (Å²) in [5.41, 5.74) is 8.18. The molecule has 0 aliphatic carbocycles. The Morgan fingerprint density at radius 2 is 1.57 bits per heavy atom. The average Bonchev–Trinajstić information content (AvgIpc) is 3.40. The number of likely N-dealkylation sites (tertiary alicyclic amines) is 1. The first-order chi connectivity index (χ1) is 26.4. The molecule has 0 radical (unpaired) electrons. The van der Waals surface area contributed by atoms with Gasteiger partial charge < -0.3 is 79.8 Å². The first-order valence-corrected chi connectivity index (χ1v) is 18.8. The van der Waals surface area contributed by atoms with E-state index in [9.17, 15) is 53.1 Å². The van der Waals surface area contributed by atoms with E-state index >= 15 is 0 Å². The molecule has 8 N–H and O–H groups in total. The third-order valence-corrected chi connectivity index (χ3v) is 9.07. The Labute approximate surface area is 339 Å². The van der Waals surface area contributed by atoms with Gasteiger partial charge in [0.15, 0.2) is 6.23 Å². The molecule has 23 nitrogen and oxygen atoms in total. The molecule has 1 rings (SSSR count). The van der Waals surface area contributed by atoms with E-state index < -0.39 is 108 Å². The molecule has 1 saturated heterocycles. The van der Waals surface area contributed by atoms with Gasteiger partial charge in [0.25, 0.3) is 12.4 Å². The molecule has 1 heterocycles. The number of unbranched alkanes of at least 4 members (excludes halogenated alkanes) is 2. The molecule has 0 spiro atoms. The van der Waals surface area contributed by atoms with Crippen LogP contribution < -0.4 is 10.6 Å². The minimum absolute atomic E-state index is 0.00205. The van der Waals surface area contributed by atoms with Gasteiger partial charge in [0, 0.05) is 49.1 Å². The molecule has 1 aliphatic heterocycles. The number of amides is 6. The molecule has 1 aliphatic rings. The van der Waals surface area contributed by atoms with Crippen molar-refractivity contribution in [1.82, 2.24) is 15.5 Å². The van der Waals surface area contributed by atoms with Gasteiger partial charge in [0.2, 0.25) is 11.8 Å². The van der Waals surface area contributed by atoms with Crippen molar-refractivity contribution in [3.05, 3.63) is 16.4 Å². The fourth-order valence-corrected chi connectivity index (χ4v) is 6.00. The van der Waals surface area contributed by atoms with Crippen molar-refractivity contribution in [1.29, 1.82) is 5.41 Å². The zero-order valence-corrected chi connectivity index (χ0v) is 32.9. The zero-order chi connectivity index (χ0) is 43.0. The predicted molar refractivity (Wildman–Crippen MR) is 189 cm³/mol. The van der Waals surface area contributed by atoms with Crippen LogP contribution in [0.2, 0.25) is 0 Å². The third kappa shape index (κ3) is 20.4. The number of carbonyl (C=O) groups excluding carboxylic acids is 6. The van der Waals surface area contributed by atoms with Crippen LogP contribution in [0.5, 0.6) is 0 Å². The Morgan fingerprint density at radius 1 is 0.929 bits per heavy atom. The van der Waals surface area contributed by atoms with Gasteiger partial charge in [-0.3, -0.25) is 33.7 Å². The molecule has 0 saturated carbocycles. The number of hydrogen-bond donors (Lipinski definition) is 7. The summed E-state index contributed by atoms with van der Waals surface area (Å²) in [5, 5.41) is 54.6. The van der Waals surface area contributed by atoms with E-state index in [1.807, 2.05) is 0 Å². The van der Waals surface area contributed by atoms with E-state index in [1.165, 1.54) is 0 Å². The van der Waals surface area contributed by atoms with Crippen molar-refractivity contribution in [2.75, 3.05) is 18.1 Å². The van der Waals surface area contributed by atoms with Crippen molar-refractivity contribution in [2.45, 2.75) is 99.9 Å². The fourth-order valence-electron chi connectivity index (χ4n) is 4.60. The summed E-state index contributed by atoms with van der Waals surface area (Å²) in [6.45, 7) is 0.0488. The number of urea groups is 1. The van der Waals surface area contributed by atoms with Gasteiger partial charge in [-0.05, 0) is 31.7 Å². The average molecular weight is 919 g/mol. The van der Waals surface area contributed by atoms with Gasteiger partial charge in [0.05, 0.1) is 11.7 Å². The van der Waals surface area contributed by atoms with E-state index in [2.05, 4.69) is 38.6 Å². The number of hydrogen-bond acceptors (Lipinski definition) is 15. The monoisotopic (exact) mass is 918 g/mol. The number of carboxylic acid groups (broad SMARTS) is 4. The molecule has 1 fully saturated rings. The Balaban J connectivity index is 0.0000149. The van der Waals surface area contributed by atoms with Gasteiger partial charge >= 0.3 is 46.3 Å². The summed E-state index contributed by atoms with van der Waals surface area (Å²) in [4.78, 5) is 119. The van der Waals surface area contributed by atoms with Gasteiger partial charge in [0.1, 0.15) is 6.04 Å². The van der Waals surface area contributed by atoms with Crippen LogP contribution in [0.4, 0.5) is 4.79 Å². The summed E-state index contributed by atoms with van der Waals surface area (Å²) in [6.07, 6.45) is -1.81. The number of nitrogens with zero attached hydrogens (tertiary/aromatic N) is 3. The van der Waals surface area contributed by atoms with Crippen molar-refractivity contribution < 1.29 is 95.5 Å². The molecular formula is C30H41N7O16S2Tc. The fraction of sp³-hybridized carbons (Fsp3) is 0.633. The SMILES string of the molecule is N=C(CCCCCN1C(=O)CC(SC[C@H](NC(=O)N[C@@H](CCC(=O)O)OC=O)C(=O)O)C1=O)CC[C@H]([NH-])C(=O)[N-]C(CC(=O)O)C(=O)[N-][C@@H](C[S-])C(=O)O.[O]=[99Tc+4]. The number of thioether (sulfide) groups is 1. The van der Waals surface area contributed by atoms with Crippen LogP contribution in [-0.4, -0.2) is 145 Å². The van der Waals surface area contributed by atoms with E-state index in [-0.39, 0.29) is 56.6 Å². The maximum atomic E-state index is 12.9. The molecule has 6 amide bonds. The molecule has 26 heteroatoms. The molecule has 0 aromatic carbocycles. The quantitative estimate of drug-likeness (QED) is 0.0138. The topological polar surface area (TPSA) is 381 Å². The second-order valence-electron chi connectivity index (χ2n) is 11.6. The van der Waals surface area contributed by atoms with E-state index in [0.717, 1.165) is 35.5 Å². The molecular weight excluding hydrogens is 877 g/mol. The molecule has 6 atom stereocenters. The molecule has 2 unspecified atom stereocenters. The summed E-state index contributed by atoms with van der Waals surface area (Å²) in [5.74, 6) is -9.92. The number of nitrogens with one attached hydrogen (secondary N) is 4. The molecule has 0 aromatic heterocycles.